The van der Waals surface area contributed by atoms with Gasteiger partial charge in [0.15, 0.2) is 0 Å². The number of nitrogens with two attached hydrogens (primary N) is 1. The second-order valence-corrected chi connectivity index (χ2v) is 5.63. The third-order valence-corrected chi connectivity index (χ3v) is 3.49. The van der Waals surface area contributed by atoms with E-state index >= 15 is 0 Å². The lowest BCUT2D eigenvalue weighted by molar-refractivity contribution is -0.137. The van der Waals surface area contributed by atoms with E-state index in [2.05, 4.69) is 25.8 Å². The topological polar surface area (TPSA) is 88.2 Å². The summed E-state index contributed by atoms with van der Waals surface area (Å²) in [6, 6.07) is 11.7. The van der Waals surface area contributed by atoms with Crippen molar-refractivity contribution >= 4 is 29.4 Å². The van der Waals surface area contributed by atoms with Crippen LogP contribution in [0.3, 0.4) is 0 Å². The van der Waals surface area contributed by atoms with E-state index in [0.29, 0.717) is 23.1 Å². The molecule has 0 amide bonds. The lowest BCUT2D eigenvalue weighted by atomic mass is 10.2. The van der Waals surface area contributed by atoms with Crippen molar-refractivity contribution in [1.29, 1.82) is 0 Å². The van der Waals surface area contributed by atoms with Gasteiger partial charge in [-0.3, -0.25) is 0 Å². The first kappa shape index (κ1) is 19.1. The monoisotopic (exact) mass is 390 g/mol. The third kappa shape index (κ3) is 4.93. The zero-order valence-corrected chi connectivity index (χ0v) is 14.2. The number of benzene rings is 2. The molecule has 0 bridgehead atoms. The van der Waals surface area contributed by atoms with Gasteiger partial charge in [0.2, 0.25) is 5.95 Å². The number of hydrogen-bond donors (Lipinski definition) is 3. The number of nitrogens with zero attached hydrogens (tertiary/aromatic N) is 3. The number of hydrogen-bond acceptors (Lipinski definition) is 6. The summed E-state index contributed by atoms with van der Waals surface area (Å²) in [5.74, 6) is -1.00. The van der Waals surface area contributed by atoms with Crippen LogP contribution < -0.4 is 16.5 Å². The van der Waals surface area contributed by atoms with Gasteiger partial charge in [0.25, 0.3) is 0 Å². The standard InChI is InChI=1S/C18H14F4N6/c19-12-6-4-11(5-7-12)9-25-28-17-24-10-15(18(20,21)22)16(27-17)26-14-3-1-2-13(23)8-14/h1-10H,23H2,(H2,24,26,27,28). The summed E-state index contributed by atoms with van der Waals surface area (Å²) in [5, 5.41) is 6.43. The maximum Gasteiger partial charge on any atom is 0.421 e. The third-order valence-electron chi connectivity index (χ3n) is 3.49. The minimum atomic E-state index is -4.65. The van der Waals surface area contributed by atoms with Crippen molar-refractivity contribution in [2.45, 2.75) is 6.18 Å². The van der Waals surface area contributed by atoms with E-state index in [1.54, 1.807) is 18.2 Å². The minimum absolute atomic E-state index is 0.155. The summed E-state index contributed by atoms with van der Waals surface area (Å²) in [6.07, 6.45) is -2.65. The Labute approximate surface area is 157 Å². The fourth-order valence-corrected chi connectivity index (χ4v) is 2.20. The molecule has 1 aromatic heterocycles. The van der Waals surface area contributed by atoms with E-state index in [0.717, 1.165) is 0 Å². The van der Waals surface area contributed by atoms with Crippen LogP contribution in [-0.4, -0.2) is 16.2 Å². The Balaban J connectivity index is 1.83. The Hall–Kier alpha value is -3.69. The van der Waals surface area contributed by atoms with Gasteiger partial charge in [0.1, 0.15) is 17.2 Å². The molecule has 3 aromatic rings. The molecule has 2 aromatic carbocycles. The van der Waals surface area contributed by atoms with Gasteiger partial charge in [0, 0.05) is 17.6 Å². The number of alkyl halides is 3. The molecule has 0 atom stereocenters. The summed E-state index contributed by atoms with van der Waals surface area (Å²) in [5.41, 5.74) is 8.36. The molecule has 0 unspecified atom stereocenters. The van der Waals surface area contributed by atoms with Crippen molar-refractivity contribution in [3.05, 3.63) is 71.7 Å². The van der Waals surface area contributed by atoms with Gasteiger partial charge >= 0.3 is 6.18 Å². The number of anilines is 4. The van der Waals surface area contributed by atoms with E-state index in [1.807, 2.05) is 0 Å². The SMILES string of the molecule is Nc1cccc(Nc2nc(NN=Cc3ccc(F)cc3)ncc2C(F)(F)F)c1. The van der Waals surface area contributed by atoms with E-state index in [1.165, 1.54) is 36.5 Å². The minimum Gasteiger partial charge on any atom is -0.399 e. The lowest BCUT2D eigenvalue weighted by Crippen LogP contribution is -2.12. The molecule has 3 rings (SSSR count). The molecule has 10 heteroatoms. The highest BCUT2D eigenvalue weighted by molar-refractivity contribution is 5.79. The number of aromatic nitrogens is 2. The Morgan fingerprint density at radius 2 is 1.82 bits per heavy atom. The zero-order valence-electron chi connectivity index (χ0n) is 14.2. The Kier molecular flexibility index (Phi) is 5.39. The van der Waals surface area contributed by atoms with Gasteiger partial charge in [-0.25, -0.2) is 14.8 Å². The van der Waals surface area contributed by atoms with Crippen molar-refractivity contribution in [2.75, 3.05) is 16.5 Å². The molecule has 0 radical (unpaired) electrons. The largest absolute Gasteiger partial charge is 0.421 e. The van der Waals surface area contributed by atoms with E-state index in [4.69, 9.17) is 5.73 Å². The second kappa shape index (κ2) is 7.91. The number of nitrogens with one attached hydrogen (secondary N) is 2. The summed E-state index contributed by atoms with van der Waals surface area (Å²) in [4.78, 5) is 7.47. The molecule has 6 nitrogen and oxygen atoms in total. The summed E-state index contributed by atoms with van der Waals surface area (Å²) in [6.45, 7) is 0. The molecule has 28 heavy (non-hydrogen) atoms. The van der Waals surface area contributed by atoms with Crippen LogP contribution in [0.15, 0.2) is 59.8 Å². The highest BCUT2D eigenvalue weighted by atomic mass is 19.4. The summed E-state index contributed by atoms with van der Waals surface area (Å²) >= 11 is 0. The molecule has 0 spiro atoms. The first-order valence-corrected chi connectivity index (χ1v) is 7.93. The number of nitrogen functional groups attached to an aromatic ring is 1. The van der Waals surface area contributed by atoms with Crippen LogP contribution in [0.25, 0.3) is 0 Å². The van der Waals surface area contributed by atoms with E-state index < -0.39 is 23.4 Å². The van der Waals surface area contributed by atoms with Gasteiger partial charge in [-0.2, -0.15) is 23.3 Å². The van der Waals surface area contributed by atoms with Crippen LogP contribution in [0, 0.1) is 5.82 Å². The van der Waals surface area contributed by atoms with Crippen molar-refractivity contribution in [2.24, 2.45) is 5.10 Å². The van der Waals surface area contributed by atoms with Gasteiger partial charge in [-0.1, -0.05) is 18.2 Å². The summed E-state index contributed by atoms with van der Waals surface area (Å²) < 4.78 is 52.6. The van der Waals surface area contributed by atoms with Gasteiger partial charge in [-0.05, 0) is 35.9 Å². The van der Waals surface area contributed by atoms with Crippen molar-refractivity contribution < 1.29 is 17.6 Å². The molecule has 0 saturated carbocycles. The quantitative estimate of drug-likeness (QED) is 0.260. The lowest BCUT2D eigenvalue weighted by Gasteiger charge is -2.14. The normalized spacial score (nSPS) is 11.6. The predicted octanol–water partition coefficient (Wildman–Crippen LogP) is 4.41. The molecule has 0 aliphatic rings. The predicted molar refractivity (Wildman–Crippen MR) is 98.8 cm³/mol. The van der Waals surface area contributed by atoms with E-state index in [-0.39, 0.29) is 5.95 Å². The highest BCUT2D eigenvalue weighted by Crippen LogP contribution is 2.35. The van der Waals surface area contributed by atoms with Crippen molar-refractivity contribution in [1.82, 2.24) is 9.97 Å². The maximum atomic E-state index is 13.2. The molecule has 0 saturated heterocycles. The van der Waals surface area contributed by atoms with Crippen LogP contribution in [0.5, 0.6) is 0 Å². The smallest absolute Gasteiger partial charge is 0.399 e. The average Bonchev–Trinajstić information content (AvgIpc) is 2.63. The zero-order chi connectivity index (χ0) is 20.1. The van der Waals surface area contributed by atoms with Crippen molar-refractivity contribution in [3.63, 3.8) is 0 Å². The average molecular weight is 390 g/mol. The number of hydrazone groups is 1. The summed E-state index contributed by atoms with van der Waals surface area (Å²) in [7, 11) is 0. The number of halogens is 4. The van der Waals surface area contributed by atoms with Crippen LogP contribution in [0.2, 0.25) is 0 Å². The molecule has 4 N–H and O–H groups in total. The maximum absolute atomic E-state index is 13.2. The molecular weight excluding hydrogens is 376 g/mol. The Morgan fingerprint density at radius 1 is 1.07 bits per heavy atom. The van der Waals surface area contributed by atoms with Gasteiger partial charge in [-0.15, -0.1) is 0 Å². The van der Waals surface area contributed by atoms with Crippen LogP contribution in [0.1, 0.15) is 11.1 Å². The van der Waals surface area contributed by atoms with Gasteiger partial charge in [0.05, 0.1) is 6.21 Å². The highest BCUT2D eigenvalue weighted by Gasteiger charge is 2.35. The fourth-order valence-electron chi connectivity index (χ4n) is 2.20. The second-order valence-electron chi connectivity index (χ2n) is 5.63. The van der Waals surface area contributed by atoms with E-state index in [9.17, 15) is 17.6 Å². The van der Waals surface area contributed by atoms with Crippen LogP contribution in [-0.2, 0) is 6.18 Å². The molecule has 144 valence electrons. The molecule has 0 fully saturated rings. The molecule has 0 aliphatic heterocycles. The van der Waals surface area contributed by atoms with Crippen LogP contribution >= 0.6 is 0 Å². The fraction of sp³-hybridized carbons (Fsp3) is 0.0556. The molecular formula is C18H14F4N6. The number of rotatable bonds is 5. The molecule has 1 heterocycles. The molecule has 0 aliphatic carbocycles. The van der Waals surface area contributed by atoms with Gasteiger partial charge < -0.3 is 11.1 Å². The Morgan fingerprint density at radius 3 is 2.50 bits per heavy atom. The van der Waals surface area contributed by atoms with Crippen molar-refractivity contribution in [3.8, 4) is 0 Å². The first-order valence-electron chi connectivity index (χ1n) is 7.93. The van der Waals surface area contributed by atoms with Crippen LogP contribution in [0.4, 0.5) is 40.7 Å². The Bertz CT molecular complexity index is 986. The first-order chi connectivity index (χ1) is 13.3.